The monoisotopic (exact) mass is 266 g/mol. The van der Waals surface area contributed by atoms with Crippen molar-refractivity contribution in [1.82, 2.24) is 0 Å². The molecule has 106 valence electrons. The summed E-state index contributed by atoms with van der Waals surface area (Å²) in [5.74, 6) is 0.599. The van der Waals surface area contributed by atoms with Crippen LogP contribution in [0.3, 0.4) is 0 Å². The van der Waals surface area contributed by atoms with Gasteiger partial charge in [0.05, 0.1) is 19.3 Å². The fraction of sp³-hybridized carbons (Fsp3) is 0.600. The Morgan fingerprint density at radius 3 is 2.68 bits per heavy atom. The first kappa shape index (κ1) is 14.2. The van der Waals surface area contributed by atoms with Crippen LogP contribution in [-0.4, -0.2) is 24.4 Å². The van der Waals surface area contributed by atoms with E-state index in [0.29, 0.717) is 19.0 Å². The summed E-state index contributed by atoms with van der Waals surface area (Å²) in [5, 5.41) is 9.68. The Kier molecular flexibility index (Phi) is 4.02. The fourth-order valence-corrected chi connectivity index (χ4v) is 1.98. The maximum Gasteiger partial charge on any atom is 0.184 e. The molecule has 0 bridgehead atoms. The predicted octanol–water partition coefficient (Wildman–Crippen LogP) is 3.25. The zero-order valence-electron chi connectivity index (χ0n) is 12.0. The van der Waals surface area contributed by atoms with E-state index in [2.05, 4.69) is 20.8 Å². The van der Waals surface area contributed by atoms with Crippen LogP contribution in [0.5, 0.6) is 11.5 Å². The Morgan fingerprint density at radius 2 is 2.11 bits per heavy atom. The van der Waals surface area contributed by atoms with Gasteiger partial charge in [0, 0.05) is 5.56 Å². The Hall–Kier alpha value is -1.26. The summed E-state index contributed by atoms with van der Waals surface area (Å²) < 4.78 is 17.0. The molecule has 0 aromatic heterocycles. The van der Waals surface area contributed by atoms with Gasteiger partial charge >= 0.3 is 0 Å². The molecule has 4 nitrogen and oxygen atoms in total. The summed E-state index contributed by atoms with van der Waals surface area (Å²) in [5.41, 5.74) is 0.919. The molecule has 0 saturated carbocycles. The van der Waals surface area contributed by atoms with E-state index in [4.69, 9.17) is 14.2 Å². The number of hydrogen-bond acceptors (Lipinski definition) is 4. The van der Waals surface area contributed by atoms with Gasteiger partial charge < -0.3 is 19.3 Å². The number of hydrogen-bond donors (Lipinski definition) is 1. The van der Waals surface area contributed by atoms with Crippen molar-refractivity contribution in [1.29, 1.82) is 0 Å². The summed E-state index contributed by atoms with van der Waals surface area (Å²) in [6.07, 6.45) is -0.314. The topological polar surface area (TPSA) is 47.9 Å². The van der Waals surface area contributed by atoms with Crippen molar-refractivity contribution in [2.24, 2.45) is 5.41 Å². The molecule has 1 N–H and O–H groups in total. The molecule has 0 amide bonds. The van der Waals surface area contributed by atoms with E-state index < -0.39 is 0 Å². The molecule has 4 heteroatoms. The first-order valence-corrected chi connectivity index (χ1v) is 6.64. The lowest BCUT2D eigenvalue weighted by molar-refractivity contribution is -0.0786. The molecule has 1 heterocycles. The van der Waals surface area contributed by atoms with E-state index in [-0.39, 0.29) is 23.6 Å². The second kappa shape index (κ2) is 5.39. The molecular formula is C15H22O4. The third-order valence-electron chi connectivity index (χ3n) is 3.21. The standard InChI is InChI=1S/C15H22O4/c1-5-17-12-8-10(6-7-11(12)16)14-18-9-13(19-14)15(2,3)4/h6-8,13-14,16H,5,9H2,1-4H3/t13-,14-/m0/s1. The van der Waals surface area contributed by atoms with Crippen LogP contribution in [-0.2, 0) is 9.47 Å². The third-order valence-corrected chi connectivity index (χ3v) is 3.21. The Balaban J connectivity index is 2.13. The quantitative estimate of drug-likeness (QED) is 0.912. The zero-order valence-corrected chi connectivity index (χ0v) is 12.0. The number of benzene rings is 1. The lowest BCUT2D eigenvalue weighted by Crippen LogP contribution is -2.28. The van der Waals surface area contributed by atoms with Gasteiger partial charge in [-0.3, -0.25) is 0 Å². The van der Waals surface area contributed by atoms with Crippen molar-refractivity contribution in [3.63, 3.8) is 0 Å². The van der Waals surface area contributed by atoms with E-state index in [1.54, 1.807) is 18.2 Å². The van der Waals surface area contributed by atoms with Gasteiger partial charge in [0.1, 0.15) is 0 Å². The highest BCUT2D eigenvalue weighted by molar-refractivity contribution is 5.42. The maximum absolute atomic E-state index is 9.68. The van der Waals surface area contributed by atoms with Crippen LogP contribution in [0.25, 0.3) is 0 Å². The van der Waals surface area contributed by atoms with Gasteiger partial charge in [0.25, 0.3) is 0 Å². The second-order valence-corrected chi connectivity index (χ2v) is 5.82. The van der Waals surface area contributed by atoms with Crippen molar-refractivity contribution in [3.8, 4) is 11.5 Å². The molecule has 1 fully saturated rings. The summed E-state index contributed by atoms with van der Waals surface area (Å²) in [6.45, 7) is 9.36. The summed E-state index contributed by atoms with van der Waals surface area (Å²) >= 11 is 0. The van der Waals surface area contributed by atoms with Gasteiger partial charge in [0.2, 0.25) is 0 Å². The van der Waals surface area contributed by atoms with Crippen molar-refractivity contribution < 1.29 is 19.3 Å². The van der Waals surface area contributed by atoms with Crippen LogP contribution < -0.4 is 4.74 Å². The first-order valence-electron chi connectivity index (χ1n) is 6.64. The largest absolute Gasteiger partial charge is 0.504 e. The van der Waals surface area contributed by atoms with E-state index in [1.165, 1.54) is 0 Å². The number of phenols is 1. The molecule has 0 spiro atoms. The molecule has 19 heavy (non-hydrogen) atoms. The van der Waals surface area contributed by atoms with Gasteiger partial charge in [-0.15, -0.1) is 0 Å². The highest BCUT2D eigenvalue weighted by Gasteiger charge is 2.35. The van der Waals surface area contributed by atoms with E-state index in [0.717, 1.165) is 5.56 Å². The molecule has 2 atom stereocenters. The van der Waals surface area contributed by atoms with E-state index in [9.17, 15) is 5.11 Å². The molecule has 0 radical (unpaired) electrons. The minimum absolute atomic E-state index is 0.0500. The van der Waals surface area contributed by atoms with Crippen molar-refractivity contribution >= 4 is 0 Å². The number of phenolic OH excluding ortho intramolecular Hbond substituents is 1. The van der Waals surface area contributed by atoms with Crippen LogP contribution >= 0.6 is 0 Å². The second-order valence-electron chi connectivity index (χ2n) is 5.82. The maximum atomic E-state index is 9.68. The number of rotatable bonds is 3. The molecule has 1 aromatic rings. The molecule has 0 aliphatic carbocycles. The molecule has 1 aliphatic rings. The fourth-order valence-electron chi connectivity index (χ4n) is 1.98. The van der Waals surface area contributed by atoms with Gasteiger partial charge in [-0.25, -0.2) is 0 Å². The van der Waals surface area contributed by atoms with E-state index in [1.807, 2.05) is 6.92 Å². The number of aromatic hydroxyl groups is 1. The summed E-state index contributed by atoms with van der Waals surface area (Å²) in [6, 6.07) is 5.18. The molecule has 1 aromatic carbocycles. The first-order chi connectivity index (χ1) is 8.91. The SMILES string of the molecule is CCOc1cc([C@H]2OC[C@@H](C(C)(C)C)O2)ccc1O. The average molecular weight is 266 g/mol. The molecule has 0 unspecified atom stereocenters. The van der Waals surface area contributed by atoms with Crippen LogP contribution in [0.2, 0.25) is 0 Å². The summed E-state index contributed by atoms with van der Waals surface area (Å²) in [7, 11) is 0. The molecular weight excluding hydrogens is 244 g/mol. The highest BCUT2D eigenvalue weighted by Crippen LogP contribution is 2.37. The van der Waals surface area contributed by atoms with Gasteiger partial charge in [-0.05, 0) is 24.5 Å². The average Bonchev–Trinajstić information content (AvgIpc) is 2.81. The number of ether oxygens (including phenoxy) is 3. The minimum Gasteiger partial charge on any atom is -0.504 e. The van der Waals surface area contributed by atoms with Gasteiger partial charge in [-0.1, -0.05) is 26.8 Å². The van der Waals surface area contributed by atoms with Crippen molar-refractivity contribution in [2.75, 3.05) is 13.2 Å². The van der Waals surface area contributed by atoms with Crippen molar-refractivity contribution in [2.45, 2.75) is 40.1 Å². The van der Waals surface area contributed by atoms with Gasteiger partial charge in [-0.2, -0.15) is 0 Å². The lowest BCUT2D eigenvalue weighted by Gasteiger charge is -2.25. The Labute approximate surface area is 114 Å². The van der Waals surface area contributed by atoms with E-state index >= 15 is 0 Å². The van der Waals surface area contributed by atoms with Gasteiger partial charge in [0.15, 0.2) is 17.8 Å². The molecule has 1 aliphatic heterocycles. The Bertz CT molecular complexity index is 436. The normalized spacial score (nSPS) is 23.6. The summed E-state index contributed by atoms with van der Waals surface area (Å²) in [4.78, 5) is 0. The molecule has 1 saturated heterocycles. The Morgan fingerprint density at radius 1 is 1.37 bits per heavy atom. The third kappa shape index (κ3) is 3.19. The van der Waals surface area contributed by atoms with Crippen LogP contribution in [0, 0.1) is 5.41 Å². The zero-order chi connectivity index (χ0) is 14.0. The lowest BCUT2D eigenvalue weighted by atomic mass is 9.90. The van der Waals surface area contributed by atoms with Crippen molar-refractivity contribution in [3.05, 3.63) is 23.8 Å². The highest BCUT2D eigenvalue weighted by atomic mass is 16.7. The predicted molar refractivity (Wildman–Crippen MR) is 72.3 cm³/mol. The van der Waals surface area contributed by atoms with Crippen LogP contribution in [0.4, 0.5) is 0 Å². The van der Waals surface area contributed by atoms with Crippen LogP contribution in [0.15, 0.2) is 18.2 Å². The smallest absolute Gasteiger partial charge is 0.184 e. The molecule has 2 rings (SSSR count). The van der Waals surface area contributed by atoms with Crippen LogP contribution in [0.1, 0.15) is 39.5 Å². The minimum atomic E-state index is -0.385.